The monoisotopic (exact) mass is 313 g/mol. The van der Waals surface area contributed by atoms with E-state index in [1.165, 1.54) is 6.92 Å². The maximum absolute atomic E-state index is 12.1. The molecule has 0 fully saturated rings. The number of benzene rings is 2. The van der Waals surface area contributed by atoms with Crippen LogP contribution in [0.3, 0.4) is 0 Å². The van der Waals surface area contributed by atoms with E-state index in [0.29, 0.717) is 16.9 Å². The van der Waals surface area contributed by atoms with Crippen molar-refractivity contribution in [2.75, 3.05) is 10.6 Å². The molecular weight excluding hydrogens is 298 g/mol. The van der Waals surface area contributed by atoms with E-state index in [9.17, 15) is 9.59 Å². The van der Waals surface area contributed by atoms with E-state index in [-0.39, 0.29) is 16.9 Å². The zero-order valence-electron chi connectivity index (χ0n) is 11.9. The summed E-state index contributed by atoms with van der Waals surface area (Å²) in [5.74, 6) is -0.437. The van der Waals surface area contributed by atoms with Crippen LogP contribution in [0.5, 0.6) is 0 Å². The summed E-state index contributed by atoms with van der Waals surface area (Å²) in [5, 5.41) is 8.36. The summed E-state index contributed by atoms with van der Waals surface area (Å²) in [7, 11) is 0. The van der Waals surface area contributed by atoms with Gasteiger partial charge in [-0.05, 0) is 42.5 Å². The van der Waals surface area contributed by atoms with Gasteiger partial charge in [-0.1, -0.05) is 24.3 Å². The first-order valence-corrected chi connectivity index (χ1v) is 7.00. The Bertz CT molecular complexity index is 702. The molecule has 112 valence electrons. The van der Waals surface area contributed by atoms with Gasteiger partial charge in [-0.3, -0.25) is 9.59 Å². The van der Waals surface area contributed by atoms with Crippen LogP contribution in [-0.2, 0) is 4.79 Å². The molecule has 0 saturated carbocycles. The number of amides is 2. The Morgan fingerprint density at radius 2 is 1.55 bits per heavy atom. The van der Waals surface area contributed by atoms with Crippen LogP contribution in [0.2, 0.25) is 0 Å². The van der Waals surface area contributed by atoms with Gasteiger partial charge in [0.25, 0.3) is 5.91 Å². The number of anilines is 2. The highest BCUT2D eigenvalue weighted by molar-refractivity contribution is 7.80. The minimum absolute atomic E-state index is 0.192. The Labute approximate surface area is 133 Å². The molecule has 2 aromatic carbocycles. The van der Waals surface area contributed by atoms with Crippen LogP contribution < -0.4 is 16.0 Å². The van der Waals surface area contributed by atoms with Crippen LogP contribution in [0.4, 0.5) is 11.4 Å². The van der Waals surface area contributed by atoms with Crippen LogP contribution in [0.15, 0.2) is 54.6 Å². The predicted octanol–water partition coefficient (Wildman–Crippen LogP) is 2.77. The van der Waals surface area contributed by atoms with Gasteiger partial charge in [-0.2, -0.15) is 0 Å². The van der Waals surface area contributed by atoms with Crippen LogP contribution >= 0.6 is 12.2 Å². The lowest BCUT2D eigenvalue weighted by Crippen LogP contribution is -2.32. The second-order valence-corrected chi connectivity index (χ2v) is 4.94. The highest BCUT2D eigenvalue weighted by Gasteiger charge is 2.06. The van der Waals surface area contributed by atoms with E-state index in [1.807, 2.05) is 6.07 Å². The summed E-state index contributed by atoms with van der Waals surface area (Å²) in [4.78, 5) is 23.0. The van der Waals surface area contributed by atoms with E-state index < -0.39 is 0 Å². The van der Waals surface area contributed by atoms with Gasteiger partial charge in [0.05, 0.1) is 0 Å². The third kappa shape index (κ3) is 4.68. The fourth-order valence-corrected chi connectivity index (χ4v) is 2.05. The lowest BCUT2D eigenvalue weighted by molar-refractivity contribution is -0.117. The van der Waals surface area contributed by atoms with Gasteiger partial charge >= 0.3 is 0 Å². The third-order valence-electron chi connectivity index (χ3n) is 2.70. The molecule has 0 aliphatic heterocycles. The van der Waals surface area contributed by atoms with Gasteiger partial charge in [-0.25, -0.2) is 0 Å². The molecule has 0 heterocycles. The molecule has 0 saturated heterocycles. The van der Waals surface area contributed by atoms with E-state index in [4.69, 9.17) is 12.2 Å². The van der Waals surface area contributed by atoms with Gasteiger partial charge in [0.15, 0.2) is 5.11 Å². The summed E-state index contributed by atoms with van der Waals surface area (Å²) in [5.41, 5.74) is 1.88. The van der Waals surface area contributed by atoms with Crippen molar-refractivity contribution in [2.24, 2.45) is 0 Å². The summed E-state index contributed by atoms with van der Waals surface area (Å²) >= 11 is 4.99. The molecular formula is C16H15N3O2S. The minimum Gasteiger partial charge on any atom is -0.332 e. The molecule has 0 unspecified atom stereocenters. The van der Waals surface area contributed by atoms with E-state index in [1.54, 1.807) is 48.5 Å². The normalized spacial score (nSPS) is 9.68. The van der Waals surface area contributed by atoms with Gasteiger partial charge in [0.2, 0.25) is 5.91 Å². The third-order valence-corrected chi connectivity index (χ3v) is 2.91. The molecule has 3 N–H and O–H groups in total. The highest BCUT2D eigenvalue weighted by atomic mass is 32.1. The molecule has 0 atom stereocenters. The lowest BCUT2D eigenvalue weighted by atomic mass is 10.2. The average molecular weight is 313 g/mol. The molecule has 2 aromatic rings. The van der Waals surface area contributed by atoms with Crippen molar-refractivity contribution in [1.82, 2.24) is 5.32 Å². The largest absolute Gasteiger partial charge is 0.332 e. The van der Waals surface area contributed by atoms with Gasteiger partial charge in [0.1, 0.15) is 0 Å². The van der Waals surface area contributed by atoms with Crippen molar-refractivity contribution in [3.63, 3.8) is 0 Å². The van der Waals surface area contributed by atoms with Crippen molar-refractivity contribution in [3.8, 4) is 0 Å². The Morgan fingerprint density at radius 3 is 2.18 bits per heavy atom. The van der Waals surface area contributed by atoms with Crippen LogP contribution in [0.1, 0.15) is 17.3 Å². The number of rotatable bonds is 3. The molecule has 0 aliphatic rings. The Morgan fingerprint density at radius 1 is 0.909 bits per heavy atom. The number of carbonyl (C=O) groups is 2. The highest BCUT2D eigenvalue weighted by Crippen LogP contribution is 2.16. The standard InChI is InChI=1S/C16H15N3O2S/c1-11(20)17-16(22)19-14-9-5-8-13(10-14)18-15(21)12-6-3-2-4-7-12/h2-10H,1H3,(H,18,21)(H2,17,19,20,22). The number of thiocarbonyl (C=S) groups is 1. The fraction of sp³-hybridized carbons (Fsp3) is 0.0625. The first-order valence-electron chi connectivity index (χ1n) is 6.59. The second-order valence-electron chi connectivity index (χ2n) is 4.54. The Balaban J connectivity index is 2.04. The van der Waals surface area contributed by atoms with E-state index in [2.05, 4.69) is 16.0 Å². The van der Waals surface area contributed by atoms with Crippen LogP contribution in [0, 0.1) is 0 Å². The van der Waals surface area contributed by atoms with Crippen LogP contribution in [-0.4, -0.2) is 16.9 Å². The Hall–Kier alpha value is -2.73. The average Bonchev–Trinajstić information content (AvgIpc) is 2.47. The van der Waals surface area contributed by atoms with Crippen molar-refractivity contribution in [2.45, 2.75) is 6.92 Å². The van der Waals surface area contributed by atoms with Crippen LogP contribution in [0.25, 0.3) is 0 Å². The Kier molecular flexibility index (Phi) is 5.21. The van der Waals surface area contributed by atoms with Gasteiger partial charge < -0.3 is 16.0 Å². The van der Waals surface area contributed by atoms with Crippen molar-refractivity contribution in [1.29, 1.82) is 0 Å². The minimum atomic E-state index is -0.244. The smallest absolute Gasteiger partial charge is 0.255 e. The summed E-state index contributed by atoms with van der Waals surface area (Å²) < 4.78 is 0. The summed E-state index contributed by atoms with van der Waals surface area (Å²) in [6.07, 6.45) is 0. The number of hydrogen-bond acceptors (Lipinski definition) is 3. The molecule has 22 heavy (non-hydrogen) atoms. The first-order chi connectivity index (χ1) is 10.5. The van der Waals surface area contributed by atoms with Gasteiger partial charge in [0, 0.05) is 23.9 Å². The molecule has 2 amide bonds. The maximum Gasteiger partial charge on any atom is 0.255 e. The molecule has 2 rings (SSSR count). The SMILES string of the molecule is CC(=O)NC(=S)Nc1cccc(NC(=O)c2ccccc2)c1. The molecule has 5 nitrogen and oxygen atoms in total. The zero-order chi connectivity index (χ0) is 15.9. The summed E-state index contributed by atoms with van der Waals surface area (Å²) in [6.45, 7) is 1.38. The summed E-state index contributed by atoms with van der Waals surface area (Å²) in [6, 6.07) is 16.0. The zero-order valence-corrected chi connectivity index (χ0v) is 12.7. The number of carbonyl (C=O) groups excluding carboxylic acids is 2. The lowest BCUT2D eigenvalue weighted by Gasteiger charge is -2.10. The quantitative estimate of drug-likeness (QED) is 0.762. The molecule has 0 aliphatic carbocycles. The molecule has 0 aromatic heterocycles. The second kappa shape index (κ2) is 7.33. The van der Waals surface area contributed by atoms with Crippen molar-refractivity contribution < 1.29 is 9.59 Å². The number of nitrogens with one attached hydrogen (secondary N) is 3. The predicted molar refractivity (Wildman–Crippen MR) is 90.9 cm³/mol. The van der Waals surface area contributed by atoms with E-state index >= 15 is 0 Å². The number of hydrogen-bond donors (Lipinski definition) is 3. The molecule has 0 radical (unpaired) electrons. The molecule has 6 heteroatoms. The topological polar surface area (TPSA) is 70.2 Å². The van der Waals surface area contributed by atoms with Crippen molar-refractivity contribution in [3.05, 3.63) is 60.2 Å². The molecule has 0 bridgehead atoms. The van der Waals surface area contributed by atoms with E-state index in [0.717, 1.165) is 0 Å². The maximum atomic E-state index is 12.1. The molecule has 0 spiro atoms. The first kappa shape index (κ1) is 15.7. The van der Waals surface area contributed by atoms with Crippen molar-refractivity contribution >= 4 is 40.5 Å². The van der Waals surface area contributed by atoms with Gasteiger partial charge in [-0.15, -0.1) is 0 Å². The fourth-order valence-electron chi connectivity index (χ4n) is 1.79.